The molecule has 0 saturated heterocycles. The summed E-state index contributed by atoms with van der Waals surface area (Å²) in [6.45, 7) is 4.95. The van der Waals surface area contributed by atoms with Gasteiger partial charge >= 0.3 is 5.97 Å². The second kappa shape index (κ2) is 5.04. The van der Waals surface area contributed by atoms with Gasteiger partial charge in [-0.05, 0) is 6.92 Å². The second-order valence-electron chi connectivity index (χ2n) is 1.27. The van der Waals surface area contributed by atoms with Crippen LogP contribution < -0.4 is 0 Å². The first-order valence-corrected chi connectivity index (χ1v) is 1.92. The van der Waals surface area contributed by atoms with E-state index in [1.165, 1.54) is 7.11 Å². The Kier molecular flexibility index (Phi) is 6.81. The molecule has 0 aliphatic rings. The maximum absolute atomic E-state index is 10.2. The molecule has 0 atom stereocenters. The van der Waals surface area contributed by atoms with Gasteiger partial charge in [0, 0.05) is 26.6 Å². The Bertz CT molecular complexity index is 98.6. The van der Waals surface area contributed by atoms with Crippen LogP contribution in [0.3, 0.4) is 0 Å². The molecule has 0 rings (SSSR count). The van der Waals surface area contributed by atoms with Crippen LogP contribution in [0.2, 0.25) is 0 Å². The van der Waals surface area contributed by atoms with Crippen LogP contribution in [0.4, 0.5) is 0 Å². The van der Waals surface area contributed by atoms with Gasteiger partial charge in [0.2, 0.25) is 0 Å². The molecule has 0 radical (unpaired) electrons. The standard InChI is InChI=1S/C5H8O2.W/c1-4(2)5(6)7-3;/h1H2,2-3H3;. The number of ether oxygens (including phenoxy) is 1. The van der Waals surface area contributed by atoms with E-state index in [9.17, 15) is 4.79 Å². The predicted molar refractivity (Wildman–Crippen MR) is 26.8 cm³/mol. The largest absolute Gasteiger partial charge is 0.466 e. The molecule has 0 N–H and O–H groups in total. The fourth-order valence-electron chi connectivity index (χ4n) is 0.174. The summed E-state index contributed by atoms with van der Waals surface area (Å²) in [5.41, 5.74) is 0.433. The van der Waals surface area contributed by atoms with Gasteiger partial charge in [-0.15, -0.1) is 0 Å². The maximum Gasteiger partial charge on any atom is 0.332 e. The van der Waals surface area contributed by atoms with Crippen LogP contribution in [-0.4, -0.2) is 13.1 Å². The molecule has 0 amide bonds. The van der Waals surface area contributed by atoms with Crippen molar-refractivity contribution >= 4 is 5.97 Å². The first-order valence-electron chi connectivity index (χ1n) is 1.92. The van der Waals surface area contributed by atoms with Crippen molar-refractivity contribution in [2.45, 2.75) is 6.92 Å². The molecule has 0 aliphatic heterocycles. The molecule has 2 nitrogen and oxygen atoms in total. The summed E-state index contributed by atoms with van der Waals surface area (Å²) in [6, 6.07) is 0. The molecule has 8 heavy (non-hydrogen) atoms. The summed E-state index contributed by atoms with van der Waals surface area (Å²) in [7, 11) is 1.33. The fourth-order valence-corrected chi connectivity index (χ4v) is 0.174. The van der Waals surface area contributed by atoms with Crippen molar-refractivity contribution in [3.8, 4) is 0 Å². The molecule has 0 spiro atoms. The third-order valence-electron chi connectivity index (χ3n) is 0.534. The minimum Gasteiger partial charge on any atom is -0.466 e. The topological polar surface area (TPSA) is 26.3 Å². The quantitative estimate of drug-likeness (QED) is 0.524. The molecule has 46 valence electrons. The Morgan fingerprint density at radius 1 is 1.62 bits per heavy atom. The SMILES string of the molecule is C=C(C)C(=O)OC.[W]. The van der Waals surface area contributed by atoms with Crippen LogP contribution in [-0.2, 0) is 30.6 Å². The third-order valence-corrected chi connectivity index (χ3v) is 0.534. The number of carbonyl (C=O) groups excluding carboxylic acids is 1. The van der Waals surface area contributed by atoms with E-state index in [0.29, 0.717) is 5.57 Å². The minimum atomic E-state index is -0.347. The number of methoxy groups -OCH3 is 1. The Morgan fingerprint density at radius 2 is 2.00 bits per heavy atom. The summed E-state index contributed by atoms with van der Waals surface area (Å²) in [6.07, 6.45) is 0. The van der Waals surface area contributed by atoms with E-state index in [4.69, 9.17) is 0 Å². The molecule has 0 heterocycles. The van der Waals surface area contributed by atoms with Crippen molar-refractivity contribution in [2.75, 3.05) is 7.11 Å². The average Bonchev–Trinajstić information content (AvgIpc) is 1.65. The van der Waals surface area contributed by atoms with E-state index in [0.717, 1.165) is 0 Å². The number of esters is 1. The summed E-state index contributed by atoms with van der Waals surface area (Å²) in [5, 5.41) is 0. The van der Waals surface area contributed by atoms with Crippen LogP contribution in [0.25, 0.3) is 0 Å². The number of rotatable bonds is 1. The fraction of sp³-hybridized carbons (Fsp3) is 0.400. The van der Waals surface area contributed by atoms with E-state index in [1.807, 2.05) is 0 Å². The van der Waals surface area contributed by atoms with E-state index < -0.39 is 0 Å². The number of hydrogen-bond donors (Lipinski definition) is 0. The van der Waals surface area contributed by atoms with Gasteiger partial charge in [-0.1, -0.05) is 6.58 Å². The van der Waals surface area contributed by atoms with Gasteiger partial charge < -0.3 is 4.74 Å². The van der Waals surface area contributed by atoms with Crippen molar-refractivity contribution in [1.82, 2.24) is 0 Å². The van der Waals surface area contributed by atoms with Crippen LogP contribution in [0.5, 0.6) is 0 Å². The van der Waals surface area contributed by atoms with Gasteiger partial charge in [-0.2, -0.15) is 0 Å². The van der Waals surface area contributed by atoms with Gasteiger partial charge in [0.25, 0.3) is 0 Å². The second-order valence-corrected chi connectivity index (χ2v) is 1.27. The first-order chi connectivity index (χ1) is 3.18. The van der Waals surface area contributed by atoms with Crippen LogP contribution >= 0.6 is 0 Å². The summed E-state index contributed by atoms with van der Waals surface area (Å²) in [4.78, 5) is 10.2. The van der Waals surface area contributed by atoms with Crippen molar-refractivity contribution in [3.05, 3.63) is 12.2 Å². The number of hydrogen-bond acceptors (Lipinski definition) is 2. The van der Waals surface area contributed by atoms with E-state index in [-0.39, 0.29) is 27.0 Å². The van der Waals surface area contributed by atoms with Crippen molar-refractivity contribution < 1.29 is 30.6 Å². The molecule has 3 heteroatoms. The van der Waals surface area contributed by atoms with Crippen LogP contribution in [0, 0.1) is 0 Å². The Hall–Kier alpha value is -0.102. The smallest absolute Gasteiger partial charge is 0.332 e. The third kappa shape index (κ3) is 4.07. The molecule has 0 fully saturated rings. The van der Waals surface area contributed by atoms with Gasteiger partial charge in [0.05, 0.1) is 7.11 Å². The molecule has 0 aromatic heterocycles. The average molecular weight is 284 g/mol. The molecule has 0 aliphatic carbocycles. The Labute approximate surface area is 63.2 Å². The molecule has 0 bridgehead atoms. The van der Waals surface area contributed by atoms with Crippen molar-refractivity contribution in [1.29, 1.82) is 0 Å². The number of carbonyl (C=O) groups is 1. The van der Waals surface area contributed by atoms with Gasteiger partial charge in [0.1, 0.15) is 0 Å². The molecular formula is C5H8O2W. The van der Waals surface area contributed by atoms with Gasteiger partial charge in [-0.3, -0.25) is 0 Å². The molecule has 0 unspecified atom stereocenters. The normalized spacial score (nSPS) is 6.75. The zero-order valence-corrected chi connectivity index (χ0v) is 7.87. The summed E-state index contributed by atoms with van der Waals surface area (Å²) in [5.74, 6) is -0.347. The Morgan fingerprint density at radius 3 is 2.00 bits per heavy atom. The van der Waals surface area contributed by atoms with Gasteiger partial charge in [0.15, 0.2) is 0 Å². The first kappa shape index (κ1) is 10.8. The van der Waals surface area contributed by atoms with E-state index in [2.05, 4.69) is 11.3 Å². The Balaban J connectivity index is 0. The van der Waals surface area contributed by atoms with Crippen molar-refractivity contribution in [3.63, 3.8) is 0 Å². The van der Waals surface area contributed by atoms with Crippen molar-refractivity contribution in [2.24, 2.45) is 0 Å². The summed E-state index contributed by atoms with van der Waals surface area (Å²) < 4.78 is 4.27. The molecule has 0 saturated carbocycles. The minimum absolute atomic E-state index is 0. The maximum atomic E-state index is 10.2. The zero-order chi connectivity index (χ0) is 5.86. The monoisotopic (exact) mass is 284 g/mol. The van der Waals surface area contributed by atoms with E-state index in [1.54, 1.807) is 6.92 Å². The van der Waals surface area contributed by atoms with Crippen LogP contribution in [0.1, 0.15) is 6.92 Å². The van der Waals surface area contributed by atoms with E-state index >= 15 is 0 Å². The molecule has 0 aromatic rings. The summed E-state index contributed by atoms with van der Waals surface area (Å²) >= 11 is 0. The predicted octanol–water partition coefficient (Wildman–Crippen LogP) is 0.733. The molecular weight excluding hydrogens is 276 g/mol. The zero-order valence-electron chi connectivity index (χ0n) is 4.93. The van der Waals surface area contributed by atoms with Crippen LogP contribution in [0.15, 0.2) is 12.2 Å². The van der Waals surface area contributed by atoms with Gasteiger partial charge in [-0.25, -0.2) is 4.79 Å². The molecule has 0 aromatic carbocycles.